The summed E-state index contributed by atoms with van der Waals surface area (Å²) in [7, 11) is 0. The number of aromatic nitrogens is 2. The number of aliphatic hydroxyl groups excluding tert-OH is 1. The first-order valence-electron chi connectivity index (χ1n) is 5.25. The van der Waals surface area contributed by atoms with Crippen LogP contribution in [0.25, 0.3) is 0 Å². The highest BCUT2D eigenvalue weighted by atomic mass is 18.2. The number of aryl methyl sites for hydroxylation is 1. The van der Waals surface area contributed by atoms with Crippen LogP contribution in [0.15, 0.2) is 15.8 Å². The lowest BCUT2D eigenvalue weighted by molar-refractivity contribution is -0.0395. The van der Waals surface area contributed by atoms with E-state index < -0.39 is 29.8 Å². The molecular weight excluding hydrogens is 230 g/mol. The van der Waals surface area contributed by atoms with Gasteiger partial charge in [0.2, 0.25) is 0 Å². The summed E-state index contributed by atoms with van der Waals surface area (Å²) in [4.78, 5) is 24.8. The highest BCUT2D eigenvalue weighted by Gasteiger charge is 2.36. The van der Waals surface area contributed by atoms with Crippen molar-refractivity contribution in [3.63, 3.8) is 0 Å². The van der Waals surface area contributed by atoms with Gasteiger partial charge in [-0.25, -0.2) is 9.18 Å². The molecule has 0 aliphatic carbocycles. The Morgan fingerprint density at radius 1 is 1.65 bits per heavy atom. The molecule has 0 bridgehead atoms. The summed E-state index contributed by atoms with van der Waals surface area (Å²) in [5, 5.41) is 8.88. The molecule has 2 heterocycles. The van der Waals surface area contributed by atoms with Crippen LogP contribution in [0.4, 0.5) is 4.39 Å². The van der Waals surface area contributed by atoms with Crippen molar-refractivity contribution in [3.05, 3.63) is 32.6 Å². The van der Waals surface area contributed by atoms with E-state index in [-0.39, 0.29) is 13.0 Å². The fourth-order valence-corrected chi connectivity index (χ4v) is 1.84. The number of halogens is 1. The van der Waals surface area contributed by atoms with Gasteiger partial charge in [-0.05, 0) is 6.92 Å². The first kappa shape index (κ1) is 12.0. The Morgan fingerprint density at radius 3 is 2.94 bits per heavy atom. The van der Waals surface area contributed by atoms with E-state index in [1.807, 2.05) is 0 Å². The monoisotopic (exact) mass is 243 g/mol. The van der Waals surface area contributed by atoms with Crippen molar-refractivity contribution in [1.82, 2.24) is 9.55 Å². The quantitative estimate of drug-likeness (QED) is 0.730. The van der Waals surface area contributed by atoms with E-state index in [2.05, 4.69) is 4.98 Å². The SMILES string of the molecule is Cc1cn([C@@H]2O[C@H](CO)C[C@H]2[18F])c(=O)[nH]c1=O. The molecule has 17 heavy (non-hydrogen) atoms. The summed E-state index contributed by atoms with van der Waals surface area (Å²) in [6.45, 7) is 1.22. The molecule has 1 saturated heterocycles. The summed E-state index contributed by atoms with van der Waals surface area (Å²) in [5.74, 6) is 0. The normalized spacial score (nSPS) is 28.5. The minimum absolute atomic E-state index is 0.0335. The number of ether oxygens (including phenoxy) is 1. The molecule has 0 amide bonds. The van der Waals surface area contributed by atoms with Crippen molar-refractivity contribution in [2.24, 2.45) is 0 Å². The van der Waals surface area contributed by atoms with Gasteiger partial charge in [0.25, 0.3) is 5.56 Å². The molecular formula is C10H13FN2O4. The Bertz CT molecular complexity index is 524. The average Bonchev–Trinajstić information content (AvgIpc) is 2.65. The fraction of sp³-hybridized carbons (Fsp3) is 0.600. The smallest absolute Gasteiger partial charge is 0.330 e. The number of nitrogens with one attached hydrogen (secondary N) is 1. The maximum atomic E-state index is 13.6. The third-order valence-electron chi connectivity index (χ3n) is 2.75. The van der Waals surface area contributed by atoms with Crippen molar-refractivity contribution in [1.29, 1.82) is 0 Å². The second-order valence-electron chi connectivity index (χ2n) is 4.06. The van der Waals surface area contributed by atoms with Crippen molar-refractivity contribution < 1.29 is 14.2 Å². The van der Waals surface area contributed by atoms with Gasteiger partial charge in [-0.3, -0.25) is 14.3 Å². The molecule has 0 radical (unpaired) electrons. The Hall–Kier alpha value is -1.47. The largest absolute Gasteiger partial charge is 0.394 e. The van der Waals surface area contributed by atoms with E-state index in [9.17, 15) is 14.0 Å². The standard InChI is InChI=1S/C10H13FN2O4/c1-5-3-13(10(16)12-8(5)15)9-7(11)2-6(4-14)17-9/h3,6-7,9,14H,2,4H2,1H3,(H,12,15,16)/t6-,7+,9+/m0/s1/i11-1. The zero-order chi connectivity index (χ0) is 12.6. The van der Waals surface area contributed by atoms with E-state index in [4.69, 9.17) is 9.84 Å². The lowest BCUT2D eigenvalue weighted by atomic mass is 10.2. The van der Waals surface area contributed by atoms with Gasteiger partial charge in [-0.15, -0.1) is 0 Å². The lowest BCUT2D eigenvalue weighted by Gasteiger charge is -2.16. The Kier molecular flexibility index (Phi) is 3.12. The molecule has 0 aromatic carbocycles. The van der Waals surface area contributed by atoms with Gasteiger partial charge < -0.3 is 9.84 Å². The first-order valence-corrected chi connectivity index (χ1v) is 5.25. The van der Waals surface area contributed by atoms with Crippen molar-refractivity contribution in [2.75, 3.05) is 6.61 Å². The summed E-state index contributed by atoms with van der Waals surface area (Å²) in [5.41, 5.74) is -0.918. The van der Waals surface area contributed by atoms with Crippen molar-refractivity contribution in [2.45, 2.75) is 31.8 Å². The summed E-state index contributed by atoms with van der Waals surface area (Å²) in [6, 6.07) is 0. The number of aliphatic hydroxyl groups is 1. The number of H-pyrrole nitrogens is 1. The molecule has 3 atom stereocenters. The number of nitrogens with zero attached hydrogens (tertiary/aromatic N) is 1. The average molecular weight is 243 g/mol. The molecule has 6 nitrogen and oxygen atoms in total. The zero-order valence-electron chi connectivity index (χ0n) is 9.22. The van der Waals surface area contributed by atoms with Crippen LogP contribution in [-0.4, -0.2) is 33.5 Å². The summed E-state index contributed by atoms with van der Waals surface area (Å²) < 4.78 is 19.8. The van der Waals surface area contributed by atoms with E-state index >= 15 is 0 Å². The molecule has 0 unspecified atom stereocenters. The second-order valence-corrected chi connectivity index (χ2v) is 4.06. The van der Waals surface area contributed by atoms with Gasteiger partial charge in [-0.1, -0.05) is 0 Å². The zero-order valence-corrected chi connectivity index (χ0v) is 9.22. The molecule has 2 rings (SSSR count). The van der Waals surface area contributed by atoms with Gasteiger partial charge in [-0.2, -0.15) is 0 Å². The Labute approximate surface area is 95.7 Å². The first-order chi connectivity index (χ1) is 8.02. The molecule has 2 N–H and O–H groups in total. The van der Waals surface area contributed by atoms with Gasteiger partial charge in [0.15, 0.2) is 6.23 Å². The number of aromatic amines is 1. The van der Waals surface area contributed by atoms with Gasteiger partial charge in [0.1, 0.15) is 6.17 Å². The van der Waals surface area contributed by atoms with Crippen molar-refractivity contribution in [3.8, 4) is 0 Å². The Morgan fingerprint density at radius 2 is 2.35 bits per heavy atom. The molecule has 7 heteroatoms. The molecule has 0 spiro atoms. The van der Waals surface area contributed by atoms with E-state index in [1.54, 1.807) is 0 Å². The second kappa shape index (κ2) is 4.42. The van der Waals surface area contributed by atoms with Gasteiger partial charge >= 0.3 is 5.69 Å². The van der Waals surface area contributed by atoms with Crippen LogP contribution < -0.4 is 11.2 Å². The van der Waals surface area contributed by atoms with Crippen LogP contribution in [0.1, 0.15) is 18.2 Å². The number of hydrogen-bond donors (Lipinski definition) is 2. The third-order valence-corrected chi connectivity index (χ3v) is 2.75. The van der Waals surface area contributed by atoms with Gasteiger partial charge in [0, 0.05) is 18.2 Å². The number of rotatable bonds is 2. The highest BCUT2D eigenvalue weighted by molar-refractivity contribution is 5.02. The maximum Gasteiger partial charge on any atom is 0.330 e. The van der Waals surface area contributed by atoms with Crippen molar-refractivity contribution >= 4 is 0 Å². The van der Waals surface area contributed by atoms with Crippen LogP contribution in [-0.2, 0) is 4.74 Å². The van der Waals surface area contributed by atoms with Crippen LogP contribution in [0.5, 0.6) is 0 Å². The molecule has 1 aliphatic heterocycles. The summed E-state index contributed by atoms with van der Waals surface area (Å²) in [6.07, 6.45) is -1.79. The molecule has 94 valence electrons. The molecule has 1 aromatic heterocycles. The van der Waals surface area contributed by atoms with Crippen LogP contribution >= 0.6 is 0 Å². The molecule has 1 fully saturated rings. The Balaban J connectivity index is 2.38. The minimum Gasteiger partial charge on any atom is -0.394 e. The van der Waals surface area contributed by atoms with E-state index in [1.165, 1.54) is 13.1 Å². The van der Waals surface area contributed by atoms with E-state index in [0.717, 1.165) is 4.57 Å². The predicted molar refractivity (Wildman–Crippen MR) is 56.6 cm³/mol. The van der Waals surface area contributed by atoms with Crippen LogP contribution in [0.2, 0.25) is 0 Å². The highest BCUT2D eigenvalue weighted by Crippen LogP contribution is 2.29. The van der Waals surface area contributed by atoms with Gasteiger partial charge in [0.05, 0.1) is 12.7 Å². The topological polar surface area (TPSA) is 84.3 Å². The molecule has 1 aromatic rings. The molecule has 1 aliphatic rings. The van der Waals surface area contributed by atoms with E-state index in [0.29, 0.717) is 5.56 Å². The predicted octanol–water partition coefficient (Wildman–Crippen LogP) is -0.537. The third kappa shape index (κ3) is 2.16. The molecule has 0 saturated carbocycles. The number of alkyl halides is 1. The summed E-state index contributed by atoms with van der Waals surface area (Å²) >= 11 is 0. The number of hydrogen-bond acceptors (Lipinski definition) is 4. The lowest BCUT2D eigenvalue weighted by Crippen LogP contribution is -2.35. The maximum absolute atomic E-state index is 13.6. The van der Waals surface area contributed by atoms with Crippen LogP contribution in [0, 0.1) is 6.92 Å². The minimum atomic E-state index is -1.38. The fourth-order valence-electron chi connectivity index (χ4n) is 1.84. The van der Waals surface area contributed by atoms with Crippen LogP contribution in [0.3, 0.4) is 0 Å².